The van der Waals surface area contributed by atoms with Gasteiger partial charge < -0.3 is 14.6 Å². The van der Waals surface area contributed by atoms with Crippen LogP contribution in [-0.2, 0) is 13.1 Å². The Hall–Kier alpha value is -2.49. The molecule has 0 atom stereocenters. The predicted molar refractivity (Wildman–Crippen MR) is 90.3 cm³/mol. The lowest BCUT2D eigenvalue weighted by molar-refractivity contribution is 0.340. The molecule has 0 aliphatic heterocycles. The second-order valence-corrected chi connectivity index (χ2v) is 5.10. The maximum Gasteiger partial charge on any atom is 0.204 e. The molecule has 1 heterocycles. The third kappa shape index (κ3) is 2.91. The number of hydrogen-bond acceptors (Lipinski definition) is 3. The summed E-state index contributed by atoms with van der Waals surface area (Å²) in [7, 11) is 0. The fourth-order valence-electron chi connectivity index (χ4n) is 2.58. The van der Waals surface area contributed by atoms with Crippen molar-refractivity contribution < 1.29 is 4.74 Å². The van der Waals surface area contributed by atoms with E-state index in [4.69, 9.17) is 4.74 Å². The molecule has 0 unspecified atom stereocenters. The van der Waals surface area contributed by atoms with E-state index in [0.29, 0.717) is 6.61 Å². The van der Waals surface area contributed by atoms with Crippen molar-refractivity contribution >= 4 is 17.0 Å². The lowest BCUT2D eigenvalue weighted by Gasteiger charge is -2.09. The molecule has 0 amide bonds. The average molecular weight is 295 g/mol. The lowest BCUT2D eigenvalue weighted by atomic mass is 10.2. The molecule has 3 rings (SSSR count). The third-order valence-electron chi connectivity index (χ3n) is 3.66. The number of rotatable bonds is 6. The minimum absolute atomic E-state index is 0.693. The molecular formula is C18H21N3O. The molecule has 1 aromatic heterocycles. The molecule has 0 fully saturated rings. The van der Waals surface area contributed by atoms with Crippen molar-refractivity contribution in [2.45, 2.75) is 26.9 Å². The molecule has 0 aliphatic carbocycles. The van der Waals surface area contributed by atoms with Crippen LogP contribution >= 0.6 is 0 Å². The first-order valence-electron chi connectivity index (χ1n) is 7.72. The van der Waals surface area contributed by atoms with Crippen LogP contribution in [0.3, 0.4) is 0 Å². The van der Waals surface area contributed by atoms with Crippen LogP contribution in [0.15, 0.2) is 48.5 Å². The summed E-state index contributed by atoms with van der Waals surface area (Å²) in [5.41, 5.74) is 3.40. The number of nitrogens with one attached hydrogen (secondary N) is 1. The van der Waals surface area contributed by atoms with Gasteiger partial charge in [0.25, 0.3) is 0 Å². The van der Waals surface area contributed by atoms with E-state index in [-0.39, 0.29) is 0 Å². The van der Waals surface area contributed by atoms with Gasteiger partial charge in [-0.1, -0.05) is 24.3 Å². The molecule has 1 N–H and O–H groups in total. The Bertz CT molecular complexity index is 747. The number of aryl methyl sites for hydroxylation is 1. The van der Waals surface area contributed by atoms with E-state index in [1.165, 1.54) is 11.1 Å². The zero-order valence-electron chi connectivity index (χ0n) is 13.0. The monoisotopic (exact) mass is 295 g/mol. The molecule has 0 bridgehead atoms. The van der Waals surface area contributed by atoms with Gasteiger partial charge in [-0.15, -0.1) is 0 Å². The van der Waals surface area contributed by atoms with Gasteiger partial charge in [0.15, 0.2) is 0 Å². The van der Waals surface area contributed by atoms with E-state index in [9.17, 15) is 0 Å². The summed E-state index contributed by atoms with van der Waals surface area (Å²) in [5.74, 6) is 1.82. The van der Waals surface area contributed by atoms with Crippen LogP contribution in [-0.4, -0.2) is 16.2 Å². The lowest BCUT2D eigenvalue weighted by Crippen LogP contribution is -2.06. The van der Waals surface area contributed by atoms with Gasteiger partial charge in [0.2, 0.25) is 5.95 Å². The van der Waals surface area contributed by atoms with Gasteiger partial charge in [-0.2, -0.15) is 0 Å². The molecule has 3 aromatic rings. The minimum atomic E-state index is 0.693. The van der Waals surface area contributed by atoms with Gasteiger partial charge in [0, 0.05) is 13.1 Å². The molecule has 4 nitrogen and oxygen atoms in total. The number of anilines is 1. The van der Waals surface area contributed by atoms with Crippen molar-refractivity contribution in [3.8, 4) is 5.75 Å². The quantitative estimate of drug-likeness (QED) is 0.745. The number of aromatic nitrogens is 2. The van der Waals surface area contributed by atoms with Crippen LogP contribution in [0.2, 0.25) is 0 Å². The highest BCUT2D eigenvalue weighted by atomic mass is 16.5. The third-order valence-corrected chi connectivity index (χ3v) is 3.66. The van der Waals surface area contributed by atoms with Crippen LogP contribution in [0.4, 0.5) is 5.95 Å². The van der Waals surface area contributed by atoms with E-state index in [2.05, 4.69) is 40.0 Å². The Kier molecular flexibility index (Phi) is 4.28. The van der Waals surface area contributed by atoms with Crippen molar-refractivity contribution in [2.75, 3.05) is 11.9 Å². The smallest absolute Gasteiger partial charge is 0.204 e. The molecule has 0 spiro atoms. The zero-order valence-corrected chi connectivity index (χ0v) is 13.0. The molecule has 0 radical (unpaired) electrons. The number of fused-ring (bicyclic) bond motifs is 1. The second-order valence-electron chi connectivity index (χ2n) is 5.10. The van der Waals surface area contributed by atoms with Gasteiger partial charge in [0.1, 0.15) is 5.75 Å². The van der Waals surface area contributed by atoms with Crippen molar-refractivity contribution in [3.63, 3.8) is 0 Å². The molecule has 2 aromatic carbocycles. The summed E-state index contributed by atoms with van der Waals surface area (Å²) in [6, 6.07) is 16.4. The van der Waals surface area contributed by atoms with Gasteiger partial charge in [-0.05, 0) is 43.7 Å². The number of para-hydroxylation sites is 2. The summed E-state index contributed by atoms with van der Waals surface area (Å²) in [6.07, 6.45) is 0. The Morgan fingerprint density at radius 3 is 2.55 bits per heavy atom. The number of hydrogen-bond donors (Lipinski definition) is 1. The number of ether oxygens (including phenoxy) is 1. The first-order valence-corrected chi connectivity index (χ1v) is 7.72. The minimum Gasteiger partial charge on any atom is -0.494 e. The number of nitrogens with zero attached hydrogens (tertiary/aromatic N) is 2. The van der Waals surface area contributed by atoms with E-state index in [0.717, 1.165) is 30.3 Å². The maximum atomic E-state index is 5.46. The number of imidazole rings is 1. The Morgan fingerprint density at radius 2 is 1.82 bits per heavy atom. The Balaban J connectivity index is 1.76. The van der Waals surface area contributed by atoms with Crippen molar-refractivity contribution in [1.82, 2.24) is 9.55 Å². The molecule has 114 valence electrons. The van der Waals surface area contributed by atoms with Gasteiger partial charge in [0.05, 0.1) is 17.6 Å². The molecule has 0 saturated heterocycles. The largest absolute Gasteiger partial charge is 0.494 e. The standard InChI is InChI=1S/C18H21N3O/c1-3-21-17-8-6-5-7-16(17)20-18(21)19-13-14-9-11-15(12-10-14)22-4-2/h5-12H,3-4,13H2,1-2H3,(H,19,20). The van der Waals surface area contributed by atoms with Crippen LogP contribution in [0.1, 0.15) is 19.4 Å². The summed E-state index contributed by atoms with van der Waals surface area (Å²) in [5, 5.41) is 3.43. The summed E-state index contributed by atoms with van der Waals surface area (Å²) in [4.78, 5) is 4.67. The molecule has 0 saturated carbocycles. The van der Waals surface area contributed by atoms with E-state index >= 15 is 0 Å². The van der Waals surface area contributed by atoms with E-state index in [1.807, 2.05) is 37.3 Å². The zero-order chi connectivity index (χ0) is 15.4. The maximum absolute atomic E-state index is 5.46. The van der Waals surface area contributed by atoms with Crippen molar-refractivity contribution in [1.29, 1.82) is 0 Å². The second kappa shape index (κ2) is 6.52. The summed E-state index contributed by atoms with van der Waals surface area (Å²) in [6.45, 7) is 6.46. The van der Waals surface area contributed by atoms with E-state index < -0.39 is 0 Å². The van der Waals surface area contributed by atoms with Crippen LogP contribution < -0.4 is 10.1 Å². The molecule has 22 heavy (non-hydrogen) atoms. The normalized spacial score (nSPS) is 10.8. The molecule has 4 heteroatoms. The fraction of sp³-hybridized carbons (Fsp3) is 0.278. The number of benzene rings is 2. The van der Waals surface area contributed by atoms with Crippen LogP contribution in [0, 0.1) is 0 Å². The van der Waals surface area contributed by atoms with Crippen molar-refractivity contribution in [2.24, 2.45) is 0 Å². The van der Waals surface area contributed by atoms with Crippen LogP contribution in [0.25, 0.3) is 11.0 Å². The van der Waals surface area contributed by atoms with E-state index in [1.54, 1.807) is 0 Å². The summed E-state index contributed by atoms with van der Waals surface area (Å²) >= 11 is 0. The highest BCUT2D eigenvalue weighted by Crippen LogP contribution is 2.20. The first-order chi connectivity index (χ1) is 10.8. The first kappa shape index (κ1) is 14.4. The van der Waals surface area contributed by atoms with Gasteiger partial charge >= 0.3 is 0 Å². The Morgan fingerprint density at radius 1 is 1.05 bits per heavy atom. The van der Waals surface area contributed by atoms with Crippen molar-refractivity contribution in [3.05, 3.63) is 54.1 Å². The SMILES string of the molecule is CCOc1ccc(CNc2nc3ccccc3n2CC)cc1. The summed E-state index contributed by atoms with van der Waals surface area (Å²) < 4.78 is 7.66. The Labute approximate surface area is 130 Å². The molecular weight excluding hydrogens is 274 g/mol. The average Bonchev–Trinajstić information content (AvgIpc) is 2.92. The topological polar surface area (TPSA) is 39.1 Å². The van der Waals surface area contributed by atoms with Gasteiger partial charge in [-0.3, -0.25) is 0 Å². The molecule has 0 aliphatic rings. The highest BCUT2D eigenvalue weighted by molar-refractivity contribution is 5.78. The van der Waals surface area contributed by atoms with Crippen LogP contribution in [0.5, 0.6) is 5.75 Å². The predicted octanol–water partition coefficient (Wildman–Crippen LogP) is 4.07. The highest BCUT2D eigenvalue weighted by Gasteiger charge is 2.08. The van der Waals surface area contributed by atoms with Gasteiger partial charge in [-0.25, -0.2) is 4.98 Å². The fourth-order valence-corrected chi connectivity index (χ4v) is 2.58.